The molecule has 0 saturated heterocycles. The maximum absolute atomic E-state index is 12.6. The number of sulfone groups is 1. The molecule has 1 N–H and O–H groups in total. The Labute approximate surface area is 178 Å². The first kappa shape index (κ1) is 21.5. The van der Waals surface area contributed by atoms with Crippen LogP contribution in [0.25, 0.3) is 0 Å². The van der Waals surface area contributed by atoms with Crippen LogP contribution >= 0.6 is 11.6 Å². The first-order chi connectivity index (χ1) is 14.2. The summed E-state index contributed by atoms with van der Waals surface area (Å²) in [6.45, 7) is 0.323. The molecule has 0 aliphatic carbocycles. The van der Waals surface area contributed by atoms with Crippen molar-refractivity contribution in [3.8, 4) is 5.75 Å². The van der Waals surface area contributed by atoms with Crippen molar-refractivity contribution < 1.29 is 17.9 Å². The highest BCUT2D eigenvalue weighted by Crippen LogP contribution is 2.25. The lowest BCUT2D eigenvalue weighted by atomic mass is 10.3. The van der Waals surface area contributed by atoms with E-state index >= 15 is 0 Å². The van der Waals surface area contributed by atoms with Gasteiger partial charge in [0.15, 0.2) is 9.84 Å². The van der Waals surface area contributed by atoms with Crippen molar-refractivity contribution >= 4 is 33.0 Å². The van der Waals surface area contributed by atoms with Crippen molar-refractivity contribution in [2.45, 2.75) is 11.4 Å². The largest absolute Gasteiger partial charge is 0.492 e. The summed E-state index contributed by atoms with van der Waals surface area (Å²) in [6.07, 6.45) is 1.05. The average molecular weight is 448 g/mol. The van der Waals surface area contributed by atoms with E-state index in [9.17, 15) is 18.0 Å². The van der Waals surface area contributed by atoms with Gasteiger partial charge in [-0.15, -0.1) is 0 Å². The summed E-state index contributed by atoms with van der Waals surface area (Å²) in [6, 6.07) is 15.6. The molecule has 1 aromatic heterocycles. The number of para-hydroxylation sites is 1. The Morgan fingerprint density at radius 1 is 1.13 bits per heavy atom. The van der Waals surface area contributed by atoms with Crippen LogP contribution < -0.4 is 15.6 Å². The summed E-state index contributed by atoms with van der Waals surface area (Å²) in [5.41, 5.74) is -0.299. The molecule has 0 unspecified atom stereocenters. The number of carbonyl (C=O) groups is 1. The molecule has 10 heteroatoms. The average Bonchev–Trinajstić information content (AvgIpc) is 2.71. The minimum absolute atomic E-state index is 0.0122. The molecular formula is C20H18ClN3O5S. The molecule has 0 atom stereocenters. The normalized spacial score (nSPS) is 11.1. The van der Waals surface area contributed by atoms with Crippen LogP contribution in [0.5, 0.6) is 5.75 Å². The topological polar surface area (TPSA) is 107 Å². The summed E-state index contributed by atoms with van der Waals surface area (Å²) in [4.78, 5) is 24.6. The Morgan fingerprint density at radius 3 is 2.57 bits per heavy atom. The summed E-state index contributed by atoms with van der Waals surface area (Å²) in [5, 5.41) is 6.74. The van der Waals surface area contributed by atoms with E-state index in [0.29, 0.717) is 5.75 Å². The number of carbonyl (C=O) groups excluding carboxylic acids is 1. The molecule has 156 valence electrons. The van der Waals surface area contributed by atoms with Gasteiger partial charge in [-0.3, -0.25) is 9.59 Å². The number of ether oxygens (including phenoxy) is 1. The molecule has 0 aliphatic heterocycles. The molecule has 3 rings (SSSR count). The molecule has 0 spiro atoms. The Kier molecular flexibility index (Phi) is 6.53. The predicted molar refractivity (Wildman–Crippen MR) is 113 cm³/mol. The van der Waals surface area contributed by atoms with E-state index in [0.717, 1.165) is 10.9 Å². The quantitative estimate of drug-likeness (QED) is 0.596. The number of anilines is 1. The van der Waals surface area contributed by atoms with E-state index in [-0.39, 0.29) is 40.0 Å². The Morgan fingerprint density at radius 2 is 1.87 bits per heavy atom. The van der Waals surface area contributed by atoms with Gasteiger partial charge >= 0.3 is 0 Å². The number of halogens is 1. The zero-order valence-corrected chi connectivity index (χ0v) is 17.5. The number of hydrogen-bond donors (Lipinski definition) is 1. The molecule has 3 aromatic rings. The highest BCUT2D eigenvalue weighted by atomic mass is 35.5. The second kappa shape index (κ2) is 9.10. The fourth-order valence-electron chi connectivity index (χ4n) is 2.51. The third kappa shape index (κ3) is 5.46. The van der Waals surface area contributed by atoms with Gasteiger partial charge in [-0.1, -0.05) is 29.8 Å². The van der Waals surface area contributed by atoms with Crippen LogP contribution in [0.2, 0.25) is 5.02 Å². The smallest absolute Gasteiger partial charge is 0.276 e. The van der Waals surface area contributed by atoms with Crippen molar-refractivity contribution in [2.75, 3.05) is 18.2 Å². The van der Waals surface area contributed by atoms with E-state index in [2.05, 4.69) is 10.4 Å². The zero-order valence-electron chi connectivity index (χ0n) is 15.9. The molecule has 1 amide bonds. The molecule has 8 nitrogen and oxygen atoms in total. The molecule has 2 aromatic carbocycles. The highest BCUT2D eigenvalue weighted by Gasteiger charge is 2.15. The highest BCUT2D eigenvalue weighted by molar-refractivity contribution is 7.90. The molecule has 1 heterocycles. The molecule has 0 bridgehead atoms. The molecule has 0 radical (unpaired) electrons. The number of nitrogens with zero attached hydrogens (tertiary/aromatic N) is 2. The Hall–Kier alpha value is -3.17. The van der Waals surface area contributed by atoms with Gasteiger partial charge in [-0.05, 0) is 36.4 Å². The SMILES string of the molecule is CS(=O)(=O)c1ccc(Cl)c(NC(=O)c2ccc(=O)n(CCOc3ccccc3)n2)c1. The van der Waals surface area contributed by atoms with E-state index in [4.69, 9.17) is 16.3 Å². The third-order valence-electron chi connectivity index (χ3n) is 4.03. The summed E-state index contributed by atoms with van der Waals surface area (Å²) in [5.74, 6) is 0.0140. The second-order valence-corrected chi connectivity index (χ2v) is 8.73. The van der Waals surface area contributed by atoms with Gasteiger partial charge in [0, 0.05) is 12.3 Å². The number of hydrogen-bond acceptors (Lipinski definition) is 6. The van der Waals surface area contributed by atoms with Crippen molar-refractivity contribution in [3.05, 3.63) is 81.7 Å². The monoisotopic (exact) mass is 447 g/mol. The number of nitrogens with one attached hydrogen (secondary N) is 1. The van der Waals surface area contributed by atoms with Crippen LogP contribution in [0.3, 0.4) is 0 Å². The number of amides is 1. The van der Waals surface area contributed by atoms with E-state index in [1.165, 1.54) is 30.3 Å². The van der Waals surface area contributed by atoms with Gasteiger partial charge in [-0.25, -0.2) is 13.1 Å². The molecule has 0 saturated carbocycles. The van der Waals surface area contributed by atoms with Gasteiger partial charge < -0.3 is 10.1 Å². The van der Waals surface area contributed by atoms with E-state index in [1.807, 2.05) is 18.2 Å². The van der Waals surface area contributed by atoms with Crippen LogP contribution in [0, 0.1) is 0 Å². The lowest BCUT2D eigenvalue weighted by Gasteiger charge is -2.10. The second-order valence-electron chi connectivity index (χ2n) is 6.31. The minimum Gasteiger partial charge on any atom is -0.492 e. The minimum atomic E-state index is -3.47. The Bertz CT molecular complexity index is 1230. The van der Waals surface area contributed by atoms with Gasteiger partial charge in [0.05, 0.1) is 22.2 Å². The summed E-state index contributed by atoms with van der Waals surface area (Å²) in [7, 11) is -3.47. The fourth-order valence-corrected chi connectivity index (χ4v) is 3.33. The lowest BCUT2D eigenvalue weighted by Crippen LogP contribution is -2.28. The lowest BCUT2D eigenvalue weighted by molar-refractivity contribution is 0.101. The summed E-state index contributed by atoms with van der Waals surface area (Å²) >= 11 is 6.06. The van der Waals surface area contributed by atoms with Crippen LogP contribution in [0.1, 0.15) is 10.5 Å². The predicted octanol–water partition coefficient (Wildman–Crippen LogP) is 2.63. The summed E-state index contributed by atoms with van der Waals surface area (Å²) < 4.78 is 30.1. The fraction of sp³-hybridized carbons (Fsp3) is 0.150. The van der Waals surface area contributed by atoms with Gasteiger partial charge in [0.1, 0.15) is 18.1 Å². The molecule has 30 heavy (non-hydrogen) atoms. The Balaban J connectivity index is 1.74. The van der Waals surface area contributed by atoms with Crippen LogP contribution in [-0.2, 0) is 16.4 Å². The van der Waals surface area contributed by atoms with Crippen molar-refractivity contribution in [3.63, 3.8) is 0 Å². The van der Waals surface area contributed by atoms with Crippen LogP contribution in [0.4, 0.5) is 5.69 Å². The first-order valence-electron chi connectivity index (χ1n) is 8.81. The van der Waals surface area contributed by atoms with E-state index < -0.39 is 15.7 Å². The standard InChI is InChI=1S/C20H18ClN3O5S/c1-30(27,28)15-7-8-16(21)18(13-15)22-20(26)17-9-10-19(25)24(23-17)11-12-29-14-5-3-2-4-6-14/h2-10,13H,11-12H2,1H3,(H,22,26). The first-order valence-corrected chi connectivity index (χ1v) is 11.1. The van der Waals surface area contributed by atoms with E-state index in [1.54, 1.807) is 12.1 Å². The van der Waals surface area contributed by atoms with Gasteiger partial charge in [0.25, 0.3) is 11.5 Å². The van der Waals surface area contributed by atoms with Crippen LogP contribution in [-0.4, -0.2) is 37.0 Å². The van der Waals surface area contributed by atoms with Crippen LogP contribution in [0.15, 0.2) is 70.4 Å². The third-order valence-corrected chi connectivity index (χ3v) is 5.47. The number of rotatable bonds is 7. The molecule has 0 aliphatic rings. The molecular weight excluding hydrogens is 430 g/mol. The maximum Gasteiger partial charge on any atom is 0.276 e. The van der Waals surface area contributed by atoms with Gasteiger partial charge in [0.2, 0.25) is 0 Å². The number of benzene rings is 2. The number of aromatic nitrogens is 2. The van der Waals surface area contributed by atoms with Gasteiger partial charge in [-0.2, -0.15) is 5.10 Å². The maximum atomic E-state index is 12.6. The van der Waals surface area contributed by atoms with Crippen molar-refractivity contribution in [2.24, 2.45) is 0 Å². The molecule has 0 fully saturated rings. The van der Waals surface area contributed by atoms with Crippen molar-refractivity contribution in [1.82, 2.24) is 9.78 Å². The van der Waals surface area contributed by atoms with Crippen molar-refractivity contribution in [1.29, 1.82) is 0 Å². The zero-order chi connectivity index (χ0) is 21.7.